The lowest BCUT2D eigenvalue weighted by Gasteiger charge is -2.08. The van der Waals surface area contributed by atoms with Crippen LogP contribution in [0.2, 0.25) is 0 Å². The molecule has 0 unspecified atom stereocenters. The second kappa shape index (κ2) is 10.2. The third-order valence-corrected chi connectivity index (χ3v) is 4.76. The average molecular weight is 439 g/mol. The van der Waals surface area contributed by atoms with E-state index in [0.717, 1.165) is 25.0 Å². The number of nitrogens with zero attached hydrogens (tertiary/aromatic N) is 1. The van der Waals surface area contributed by atoms with E-state index in [1.807, 2.05) is 12.1 Å². The van der Waals surface area contributed by atoms with Crippen LogP contribution in [0, 0.1) is 35.1 Å². The maximum Gasteiger partial charge on any atom is 0.153 e. The van der Waals surface area contributed by atoms with E-state index >= 15 is 0 Å². The van der Waals surface area contributed by atoms with Gasteiger partial charge in [0.15, 0.2) is 11.6 Å². The number of rotatable bonds is 5. The molecule has 0 aliphatic heterocycles. The van der Waals surface area contributed by atoms with Gasteiger partial charge in [-0.05, 0) is 72.6 Å². The molecule has 0 aromatic heterocycles. The maximum absolute atomic E-state index is 14.3. The van der Waals surface area contributed by atoms with Crippen LogP contribution < -0.4 is 0 Å². The summed E-state index contributed by atoms with van der Waals surface area (Å²) in [4.78, 5) is 3.35. The smallest absolute Gasteiger partial charge is 0.153 e. The van der Waals surface area contributed by atoms with Crippen molar-refractivity contribution >= 4 is 23.1 Å². The van der Waals surface area contributed by atoms with Gasteiger partial charge in [-0.2, -0.15) is 4.99 Å². The summed E-state index contributed by atoms with van der Waals surface area (Å²) < 4.78 is 56.4. The number of thiocarbonyl (C=S) groups is 1. The maximum atomic E-state index is 14.3. The summed E-state index contributed by atoms with van der Waals surface area (Å²) in [5.74, 6) is 2.59. The van der Waals surface area contributed by atoms with Crippen molar-refractivity contribution in [2.45, 2.75) is 26.2 Å². The van der Waals surface area contributed by atoms with Crippen molar-refractivity contribution in [3.63, 3.8) is 0 Å². The topological polar surface area (TPSA) is 12.4 Å². The minimum absolute atomic E-state index is 0.106. The molecule has 0 aliphatic rings. The van der Waals surface area contributed by atoms with Crippen LogP contribution in [-0.2, 0) is 6.42 Å². The Morgan fingerprint density at radius 2 is 1.35 bits per heavy atom. The molecule has 0 heterocycles. The first-order chi connectivity index (χ1) is 14.9. The van der Waals surface area contributed by atoms with E-state index in [2.05, 4.69) is 29.1 Å². The molecular formula is C25H17F4NS. The highest BCUT2D eigenvalue weighted by Gasteiger charge is 2.12. The van der Waals surface area contributed by atoms with E-state index in [1.165, 1.54) is 12.1 Å². The lowest BCUT2D eigenvalue weighted by Crippen LogP contribution is -1.97. The highest BCUT2D eigenvalue weighted by atomic mass is 32.1. The third kappa shape index (κ3) is 5.46. The monoisotopic (exact) mass is 439 g/mol. The highest BCUT2D eigenvalue weighted by Crippen LogP contribution is 2.26. The van der Waals surface area contributed by atoms with Gasteiger partial charge in [-0.15, -0.1) is 0 Å². The van der Waals surface area contributed by atoms with Gasteiger partial charge in [0.1, 0.15) is 17.3 Å². The van der Waals surface area contributed by atoms with Crippen molar-refractivity contribution in [3.8, 4) is 23.0 Å². The molecule has 0 atom stereocenters. The van der Waals surface area contributed by atoms with Gasteiger partial charge < -0.3 is 0 Å². The van der Waals surface area contributed by atoms with Gasteiger partial charge in [0.25, 0.3) is 0 Å². The van der Waals surface area contributed by atoms with Gasteiger partial charge >= 0.3 is 0 Å². The number of hydrogen-bond acceptors (Lipinski definition) is 2. The lowest BCUT2D eigenvalue weighted by atomic mass is 9.99. The molecule has 0 radical (unpaired) electrons. The Morgan fingerprint density at radius 3 is 1.90 bits per heavy atom. The molecule has 3 aromatic rings. The van der Waals surface area contributed by atoms with Crippen molar-refractivity contribution in [2.24, 2.45) is 4.99 Å². The van der Waals surface area contributed by atoms with Crippen molar-refractivity contribution in [1.29, 1.82) is 0 Å². The molecule has 3 aromatic carbocycles. The van der Waals surface area contributed by atoms with Gasteiger partial charge in [-0.1, -0.05) is 37.3 Å². The third-order valence-electron chi connectivity index (χ3n) is 4.67. The summed E-state index contributed by atoms with van der Waals surface area (Å²) in [6, 6.07) is 11.5. The van der Waals surface area contributed by atoms with E-state index in [0.29, 0.717) is 23.1 Å². The van der Waals surface area contributed by atoms with E-state index in [4.69, 9.17) is 0 Å². The molecule has 0 N–H and O–H groups in total. The molecule has 0 amide bonds. The first-order valence-electron chi connectivity index (χ1n) is 9.60. The van der Waals surface area contributed by atoms with Gasteiger partial charge in [0.2, 0.25) is 0 Å². The summed E-state index contributed by atoms with van der Waals surface area (Å²) >= 11 is 4.36. The minimum Gasteiger partial charge on any atom is -0.207 e. The van der Waals surface area contributed by atoms with E-state index in [1.54, 1.807) is 24.3 Å². The van der Waals surface area contributed by atoms with Crippen molar-refractivity contribution in [1.82, 2.24) is 0 Å². The first kappa shape index (κ1) is 22.4. The molecule has 0 saturated carbocycles. The van der Waals surface area contributed by atoms with Crippen molar-refractivity contribution in [2.75, 3.05) is 0 Å². The van der Waals surface area contributed by atoms with Gasteiger partial charge in [0.05, 0.1) is 5.16 Å². The molecule has 1 nitrogen and oxygen atoms in total. The average Bonchev–Trinajstić information content (AvgIpc) is 2.74. The molecule has 0 spiro atoms. The van der Waals surface area contributed by atoms with Crippen LogP contribution in [0.5, 0.6) is 0 Å². The number of hydrogen-bond donors (Lipinski definition) is 0. The number of aliphatic imine (C=N–C) groups is 1. The lowest BCUT2D eigenvalue weighted by molar-refractivity contribution is 0.550. The molecule has 3 rings (SSSR count). The first-order valence-corrected chi connectivity index (χ1v) is 10.0. The van der Waals surface area contributed by atoms with Crippen LogP contribution in [0.25, 0.3) is 11.1 Å². The van der Waals surface area contributed by atoms with Crippen LogP contribution in [-0.4, -0.2) is 5.16 Å². The van der Waals surface area contributed by atoms with E-state index in [9.17, 15) is 17.6 Å². The Bertz CT molecular complexity index is 1170. The normalized spacial score (nSPS) is 10.2. The summed E-state index contributed by atoms with van der Waals surface area (Å²) in [5.41, 5.74) is 1.36. The fraction of sp³-hybridized carbons (Fsp3) is 0.160. The fourth-order valence-electron chi connectivity index (χ4n) is 3.04. The SMILES string of the molecule is CCCCc1c(F)cc(-c2ccc(C#Cc3cc(F)c(N=C=S)c(F)c3)cc2)cc1F. The zero-order valence-electron chi connectivity index (χ0n) is 16.6. The van der Waals surface area contributed by atoms with E-state index < -0.39 is 29.0 Å². The summed E-state index contributed by atoms with van der Waals surface area (Å²) in [5, 5.41) is 1.93. The Hall–Kier alpha value is -3.26. The van der Waals surface area contributed by atoms with Crippen LogP contribution in [0.15, 0.2) is 53.5 Å². The Balaban J connectivity index is 1.83. The fourth-order valence-corrected chi connectivity index (χ4v) is 3.13. The zero-order valence-corrected chi connectivity index (χ0v) is 17.4. The molecule has 0 aliphatic carbocycles. The number of halogens is 4. The van der Waals surface area contributed by atoms with Gasteiger partial charge in [-0.25, -0.2) is 17.6 Å². The summed E-state index contributed by atoms with van der Waals surface area (Å²) in [6.45, 7) is 1.96. The molecule has 0 bridgehead atoms. The molecule has 0 fully saturated rings. The highest BCUT2D eigenvalue weighted by molar-refractivity contribution is 7.78. The second-order valence-electron chi connectivity index (χ2n) is 6.84. The van der Waals surface area contributed by atoms with Crippen LogP contribution in [0.3, 0.4) is 0 Å². The Kier molecular flexibility index (Phi) is 7.36. The second-order valence-corrected chi connectivity index (χ2v) is 7.02. The largest absolute Gasteiger partial charge is 0.207 e. The molecule has 31 heavy (non-hydrogen) atoms. The van der Waals surface area contributed by atoms with Crippen LogP contribution in [0.4, 0.5) is 23.2 Å². The van der Waals surface area contributed by atoms with Gasteiger partial charge in [0, 0.05) is 16.7 Å². The standard InChI is InChI=1S/C25H17F4NS/c1-2-3-4-20-21(26)13-19(14-22(20)27)18-9-7-16(8-10-18)5-6-17-11-23(28)25(30-15-31)24(29)12-17/h7-14H,2-4H2,1H3. The van der Waals surface area contributed by atoms with E-state index in [-0.39, 0.29) is 11.1 Å². The molecule has 156 valence electrons. The van der Waals surface area contributed by atoms with Crippen molar-refractivity contribution < 1.29 is 17.6 Å². The van der Waals surface area contributed by atoms with Crippen LogP contribution >= 0.6 is 12.2 Å². The molecule has 6 heteroatoms. The number of unbranched alkanes of at least 4 members (excludes halogenated alkanes) is 1. The molecular weight excluding hydrogens is 422 g/mol. The summed E-state index contributed by atoms with van der Waals surface area (Å²) in [6.07, 6.45) is 1.94. The predicted molar refractivity (Wildman–Crippen MR) is 117 cm³/mol. The Labute approximate surface area is 183 Å². The Morgan fingerprint density at radius 1 is 0.774 bits per heavy atom. The zero-order chi connectivity index (χ0) is 22.4. The predicted octanol–water partition coefficient (Wildman–Crippen LogP) is 7.39. The minimum atomic E-state index is -0.886. The van der Waals surface area contributed by atoms with Gasteiger partial charge in [-0.3, -0.25) is 0 Å². The quantitative estimate of drug-likeness (QED) is 0.175. The van der Waals surface area contributed by atoms with Crippen molar-refractivity contribution in [3.05, 3.63) is 88.5 Å². The number of benzene rings is 3. The van der Waals surface area contributed by atoms with Crippen LogP contribution in [0.1, 0.15) is 36.5 Å². The number of isothiocyanates is 1. The summed E-state index contributed by atoms with van der Waals surface area (Å²) in [7, 11) is 0. The molecule has 0 saturated heterocycles.